The summed E-state index contributed by atoms with van der Waals surface area (Å²) in [6.45, 7) is 7.71. The molecule has 1 heterocycles. The molecule has 4 atom stereocenters. The first-order valence-corrected chi connectivity index (χ1v) is 17.0. The van der Waals surface area contributed by atoms with Crippen LogP contribution in [0.25, 0.3) is 0 Å². The van der Waals surface area contributed by atoms with Gasteiger partial charge in [-0.25, -0.2) is 0 Å². The Morgan fingerprint density at radius 2 is 1.48 bits per heavy atom. The molecule has 3 rings (SSSR count). The Morgan fingerprint density at radius 3 is 2.11 bits per heavy atom. The lowest BCUT2D eigenvalue weighted by atomic mass is 9.87. The minimum absolute atomic E-state index is 0.0164. The SMILES string of the molecule is CNCCC[C@@H](CC(=O)[C@@H](CC(C)C)NC(=O)[C@H](CC(=O)[C@H](N)Cc1ccccc1)Cc1ccccc1)C(=O)N1CCCNCC1. The van der Waals surface area contributed by atoms with Gasteiger partial charge in [-0.1, -0.05) is 74.5 Å². The number of ketones is 2. The fourth-order valence-electron chi connectivity index (χ4n) is 6.11. The molecule has 2 amide bonds. The van der Waals surface area contributed by atoms with Gasteiger partial charge in [0.1, 0.15) is 0 Å². The van der Waals surface area contributed by atoms with E-state index in [1.807, 2.05) is 86.5 Å². The van der Waals surface area contributed by atoms with Crippen molar-refractivity contribution >= 4 is 23.4 Å². The average molecular weight is 634 g/mol. The molecular weight excluding hydrogens is 578 g/mol. The van der Waals surface area contributed by atoms with E-state index in [2.05, 4.69) is 16.0 Å². The summed E-state index contributed by atoms with van der Waals surface area (Å²) in [7, 11) is 1.88. The normalized spacial score (nSPS) is 16.2. The molecule has 0 bridgehead atoms. The molecule has 1 aliphatic heterocycles. The predicted octanol–water partition coefficient (Wildman–Crippen LogP) is 3.30. The number of hydrogen-bond donors (Lipinski definition) is 4. The zero-order valence-electron chi connectivity index (χ0n) is 28.0. The number of benzene rings is 2. The molecule has 0 aliphatic carbocycles. The van der Waals surface area contributed by atoms with Gasteiger partial charge in [-0.3, -0.25) is 19.2 Å². The second-order valence-electron chi connectivity index (χ2n) is 13.1. The van der Waals surface area contributed by atoms with E-state index >= 15 is 0 Å². The highest BCUT2D eigenvalue weighted by Gasteiger charge is 2.33. The molecule has 0 aromatic heterocycles. The Bertz CT molecular complexity index is 1210. The number of Topliss-reactive ketones (excluding diaryl/α,β-unsaturated/α-hetero) is 2. The summed E-state index contributed by atoms with van der Waals surface area (Å²) >= 11 is 0. The van der Waals surface area contributed by atoms with Crippen LogP contribution in [-0.2, 0) is 32.0 Å². The zero-order valence-corrected chi connectivity index (χ0v) is 28.0. The van der Waals surface area contributed by atoms with Gasteiger partial charge < -0.3 is 26.6 Å². The van der Waals surface area contributed by atoms with E-state index in [1.54, 1.807) is 0 Å². The molecule has 1 aliphatic rings. The number of carbonyl (C=O) groups excluding carboxylic acids is 4. The standard InChI is InChI=1S/C37H55N5O4/c1-27(2)22-33(35(44)25-30(16-10-17-39-3)37(46)42-20-11-18-40-19-21-42)41-36(45)31(23-28-12-6-4-7-13-28)26-34(43)32(38)24-29-14-8-5-9-15-29/h4-9,12-15,27,30-33,39-40H,10-11,16-26,38H2,1-3H3,(H,41,45)/t30-,31-,32+,33+/m0/s1. The van der Waals surface area contributed by atoms with Crippen LogP contribution in [0.15, 0.2) is 60.7 Å². The summed E-state index contributed by atoms with van der Waals surface area (Å²) in [5.41, 5.74) is 8.23. The van der Waals surface area contributed by atoms with Crippen molar-refractivity contribution in [2.24, 2.45) is 23.5 Å². The third-order valence-electron chi connectivity index (χ3n) is 8.70. The third kappa shape index (κ3) is 12.8. The van der Waals surface area contributed by atoms with Crippen LogP contribution >= 0.6 is 0 Å². The summed E-state index contributed by atoms with van der Waals surface area (Å²) in [6, 6.07) is 17.7. The third-order valence-corrected chi connectivity index (χ3v) is 8.70. The van der Waals surface area contributed by atoms with Crippen LogP contribution in [0.5, 0.6) is 0 Å². The number of nitrogens with two attached hydrogens (primary N) is 1. The van der Waals surface area contributed by atoms with Gasteiger partial charge in [-0.05, 0) is 75.7 Å². The number of amides is 2. The second-order valence-corrected chi connectivity index (χ2v) is 13.1. The molecule has 0 spiro atoms. The van der Waals surface area contributed by atoms with Crippen LogP contribution in [0.2, 0.25) is 0 Å². The van der Waals surface area contributed by atoms with Gasteiger partial charge >= 0.3 is 0 Å². The van der Waals surface area contributed by atoms with Crippen molar-refractivity contribution in [3.8, 4) is 0 Å². The number of hydrogen-bond acceptors (Lipinski definition) is 7. The predicted molar refractivity (Wildman–Crippen MR) is 183 cm³/mol. The Morgan fingerprint density at radius 1 is 0.848 bits per heavy atom. The lowest BCUT2D eigenvalue weighted by molar-refractivity contribution is -0.139. The molecular formula is C37H55N5O4. The maximum Gasteiger partial charge on any atom is 0.226 e. The minimum Gasteiger partial charge on any atom is -0.346 e. The molecule has 0 unspecified atom stereocenters. The monoisotopic (exact) mass is 633 g/mol. The summed E-state index contributed by atoms with van der Waals surface area (Å²) in [6.07, 6.45) is 3.51. The van der Waals surface area contributed by atoms with E-state index in [-0.39, 0.29) is 42.1 Å². The van der Waals surface area contributed by atoms with Gasteiger partial charge in [-0.2, -0.15) is 0 Å². The number of nitrogens with zero attached hydrogens (tertiary/aromatic N) is 1. The van der Waals surface area contributed by atoms with E-state index in [4.69, 9.17) is 5.73 Å². The van der Waals surface area contributed by atoms with E-state index in [0.29, 0.717) is 38.8 Å². The lowest BCUT2D eigenvalue weighted by Crippen LogP contribution is -2.47. The highest BCUT2D eigenvalue weighted by Crippen LogP contribution is 2.21. The summed E-state index contributed by atoms with van der Waals surface area (Å²) < 4.78 is 0. The largest absolute Gasteiger partial charge is 0.346 e. The molecule has 9 heteroatoms. The fourth-order valence-corrected chi connectivity index (χ4v) is 6.11. The first kappa shape index (κ1) is 37.1. The number of nitrogens with one attached hydrogen (secondary N) is 3. The Hall–Kier alpha value is -3.40. The smallest absolute Gasteiger partial charge is 0.226 e. The van der Waals surface area contributed by atoms with Crippen LogP contribution in [-0.4, -0.2) is 80.1 Å². The van der Waals surface area contributed by atoms with Gasteiger partial charge in [0, 0.05) is 44.3 Å². The van der Waals surface area contributed by atoms with Crippen molar-refractivity contribution in [1.82, 2.24) is 20.9 Å². The molecule has 252 valence electrons. The number of carbonyl (C=O) groups is 4. The van der Waals surface area contributed by atoms with E-state index in [0.717, 1.165) is 43.6 Å². The summed E-state index contributed by atoms with van der Waals surface area (Å²) in [5, 5.41) is 9.51. The van der Waals surface area contributed by atoms with E-state index in [1.165, 1.54) is 0 Å². The van der Waals surface area contributed by atoms with Gasteiger partial charge in [0.05, 0.1) is 12.1 Å². The second kappa shape index (κ2) is 20.0. The molecule has 1 saturated heterocycles. The molecule has 2 aromatic rings. The molecule has 0 saturated carbocycles. The van der Waals surface area contributed by atoms with E-state index < -0.39 is 23.9 Å². The molecule has 1 fully saturated rings. The average Bonchev–Trinajstić information content (AvgIpc) is 3.34. The quantitative estimate of drug-likeness (QED) is 0.175. The molecule has 46 heavy (non-hydrogen) atoms. The fraction of sp³-hybridized carbons (Fsp3) is 0.568. The van der Waals surface area contributed by atoms with Crippen LogP contribution in [0.4, 0.5) is 0 Å². The first-order valence-electron chi connectivity index (χ1n) is 17.0. The van der Waals surface area contributed by atoms with Gasteiger partial charge in [0.15, 0.2) is 11.6 Å². The van der Waals surface area contributed by atoms with Gasteiger partial charge in [0.25, 0.3) is 0 Å². The topological polar surface area (TPSA) is 134 Å². The Labute approximate surface area is 275 Å². The summed E-state index contributed by atoms with van der Waals surface area (Å²) in [5.74, 6) is -1.63. The van der Waals surface area contributed by atoms with Crippen molar-refractivity contribution in [2.45, 2.75) is 77.3 Å². The Kier molecular flexibility index (Phi) is 16.1. The highest BCUT2D eigenvalue weighted by atomic mass is 16.2. The molecule has 0 radical (unpaired) electrons. The van der Waals surface area contributed by atoms with Crippen LogP contribution in [0.3, 0.4) is 0 Å². The zero-order chi connectivity index (χ0) is 33.3. The first-order chi connectivity index (χ1) is 22.2. The van der Waals surface area contributed by atoms with Crippen molar-refractivity contribution in [3.05, 3.63) is 71.8 Å². The highest BCUT2D eigenvalue weighted by molar-refractivity contribution is 5.94. The van der Waals surface area contributed by atoms with Crippen molar-refractivity contribution in [3.63, 3.8) is 0 Å². The molecule has 9 nitrogen and oxygen atoms in total. The number of rotatable bonds is 19. The Balaban J connectivity index is 1.76. The van der Waals surface area contributed by atoms with E-state index in [9.17, 15) is 19.2 Å². The maximum absolute atomic E-state index is 13.9. The van der Waals surface area contributed by atoms with Crippen LogP contribution in [0.1, 0.15) is 63.5 Å². The van der Waals surface area contributed by atoms with Crippen LogP contribution in [0, 0.1) is 17.8 Å². The van der Waals surface area contributed by atoms with Gasteiger partial charge in [0.2, 0.25) is 11.8 Å². The molecule has 2 aromatic carbocycles. The molecule has 5 N–H and O–H groups in total. The van der Waals surface area contributed by atoms with Crippen LogP contribution < -0.4 is 21.7 Å². The van der Waals surface area contributed by atoms with Gasteiger partial charge in [-0.15, -0.1) is 0 Å². The lowest BCUT2D eigenvalue weighted by Gasteiger charge is -2.28. The van der Waals surface area contributed by atoms with Crippen molar-refractivity contribution in [2.75, 3.05) is 39.8 Å². The van der Waals surface area contributed by atoms with Crippen molar-refractivity contribution in [1.29, 1.82) is 0 Å². The van der Waals surface area contributed by atoms with Crippen molar-refractivity contribution < 1.29 is 19.2 Å². The minimum atomic E-state index is -0.746. The maximum atomic E-state index is 13.9. The summed E-state index contributed by atoms with van der Waals surface area (Å²) in [4.78, 5) is 56.7.